The van der Waals surface area contributed by atoms with Crippen molar-refractivity contribution in [3.8, 4) is 5.75 Å². The minimum absolute atomic E-state index is 0.396. The predicted molar refractivity (Wildman–Crippen MR) is 68.7 cm³/mol. The van der Waals surface area contributed by atoms with Crippen molar-refractivity contribution in [1.82, 2.24) is 0 Å². The fraction of sp³-hybridized carbons (Fsp3) is 0.538. The van der Waals surface area contributed by atoms with Gasteiger partial charge in [-0.15, -0.1) is 0 Å². The third-order valence-corrected chi connectivity index (χ3v) is 3.02. The summed E-state index contributed by atoms with van der Waals surface area (Å²) in [5.41, 5.74) is 0.289. The Labute approximate surface area is 107 Å². The van der Waals surface area contributed by atoms with Crippen molar-refractivity contribution >= 4 is 11.6 Å². The van der Waals surface area contributed by atoms with Gasteiger partial charge in [-0.3, -0.25) is 0 Å². The van der Waals surface area contributed by atoms with Crippen molar-refractivity contribution in [3.63, 3.8) is 0 Å². The van der Waals surface area contributed by atoms with Gasteiger partial charge in [0.05, 0.1) is 18.8 Å². The number of aliphatic hydroxyl groups is 1. The molecule has 4 heteroatoms. The summed E-state index contributed by atoms with van der Waals surface area (Å²) in [6.07, 6.45) is -0.196. The van der Waals surface area contributed by atoms with E-state index in [1.165, 1.54) is 0 Å². The Kier molecular flexibility index (Phi) is 4.80. The van der Waals surface area contributed by atoms with Gasteiger partial charge >= 0.3 is 0 Å². The summed E-state index contributed by atoms with van der Waals surface area (Å²) in [4.78, 5) is 0. The lowest BCUT2D eigenvalue weighted by atomic mass is 9.95. The Morgan fingerprint density at radius 1 is 1.35 bits per heavy atom. The van der Waals surface area contributed by atoms with Crippen molar-refractivity contribution in [2.24, 2.45) is 0 Å². The third-order valence-electron chi connectivity index (χ3n) is 2.79. The fourth-order valence-corrected chi connectivity index (χ4v) is 1.81. The van der Waals surface area contributed by atoms with Crippen LogP contribution in [-0.4, -0.2) is 24.9 Å². The maximum atomic E-state index is 10.2. The first-order chi connectivity index (χ1) is 7.89. The van der Waals surface area contributed by atoms with Crippen molar-refractivity contribution < 1.29 is 14.6 Å². The maximum absolute atomic E-state index is 10.2. The van der Waals surface area contributed by atoms with E-state index in [0.717, 1.165) is 0 Å². The van der Waals surface area contributed by atoms with Crippen molar-refractivity contribution in [2.75, 3.05) is 14.2 Å². The first kappa shape index (κ1) is 14.3. The molecule has 0 spiro atoms. The van der Waals surface area contributed by atoms with Gasteiger partial charge in [-0.2, -0.15) is 0 Å². The van der Waals surface area contributed by atoms with Gasteiger partial charge in [0.2, 0.25) is 0 Å². The van der Waals surface area contributed by atoms with Gasteiger partial charge in [0, 0.05) is 24.1 Å². The van der Waals surface area contributed by atoms with Gasteiger partial charge in [-0.25, -0.2) is 0 Å². The lowest BCUT2D eigenvalue weighted by Crippen LogP contribution is -2.25. The minimum Gasteiger partial charge on any atom is -0.496 e. The van der Waals surface area contributed by atoms with E-state index in [4.69, 9.17) is 21.1 Å². The van der Waals surface area contributed by atoms with Gasteiger partial charge in [0.25, 0.3) is 0 Å². The Balaban J connectivity index is 2.95. The highest BCUT2D eigenvalue weighted by Crippen LogP contribution is 2.33. The molecule has 1 atom stereocenters. The molecule has 96 valence electrons. The average molecular weight is 259 g/mol. The monoisotopic (exact) mass is 258 g/mol. The molecule has 1 rings (SSSR count). The quantitative estimate of drug-likeness (QED) is 0.882. The van der Waals surface area contributed by atoms with E-state index in [1.54, 1.807) is 32.4 Å². The second-order valence-corrected chi connectivity index (χ2v) is 5.01. The topological polar surface area (TPSA) is 38.7 Å². The van der Waals surface area contributed by atoms with Crippen molar-refractivity contribution in [1.29, 1.82) is 0 Å². The van der Waals surface area contributed by atoms with E-state index < -0.39 is 11.7 Å². The highest BCUT2D eigenvalue weighted by Gasteiger charge is 2.24. The van der Waals surface area contributed by atoms with Gasteiger partial charge in [-0.1, -0.05) is 11.6 Å². The number of methoxy groups -OCH3 is 2. The summed E-state index contributed by atoms with van der Waals surface area (Å²) >= 11 is 5.93. The Bertz CT molecular complexity index is 377. The summed E-state index contributed by atoms with van der Waals surface area (Å²) in [6.45, 7) is 3.85. The van der Waals surface area contributed by atoms with E-state index in [9.17, 15) is 5.11 Å². The van der Waals surface area contributed by atoms with E-state index in [2.05, 4.69) is 0 Å². The summed E-state index contributed by atoms with van der Waals surface area (Å²) < 4.78 is 10.5. The van der Waals surface area contributed by atoms with E-state index in [1.807, 2.05) is 13.8 Å². The van der Waals surface area contributed by atoms with Gasteiger partial charge in [0.15, 0.2) is 0 Å². The van der Waals surface area contributed by atoms with Crippen LogP contribution in [0.4, 0.5) is 0 Å². The number of ether oxygens (including phenoxy) is 2. The first-order valence-electron chi connectivity index (χ1n) is 5.46. The molecule has 0 saturated carbocycles. The Hall–Kier alpha value is -0.770. The summed E-state index contributed by atoms with van der Waals surface area (Å²) in [5.74, 6) is 0.633. The van der Waals surface area contributed by atoms with E-state index in [0.29, 0.717) is 22.8 Å². The van der Waals surface area contributed by atoms with Crippen LogP contribution in [0.2, 0.25) is 5.02 Å². The predicted octanol–water partition coefficient (Wildman–Crippen LogP) is 3.20. The number of hydrogen-bond acceptors (Lipinski definition) is 3. The average Bonchev–Trinajstić information content (AvgIpc) is 2.28. The molecule has 1 unspecified atom stereocenters. The molecule has 0 aliphatic carbocycles. The largest absolute Gasteiger partial charge is 0.496 e. The van der Waals surface area contributed by atoms with E-state index >= 15 is 0 Å². The minimum atomic E-state index is -0.668. The standard InChI is InChI=1S/C13H19ClO3/c1-13(2,17-4)8-11(15)10-7-9(14)5-6-12(10)16-3/h5-7,11,15H,8H2,1-4H3. The molecular weight excluding hydrogens is 240 g/mol. The van der Waals surface area contributed by atoms with Gasteiger partial charge in [-0.05, 0) is 32.0 Å². The maximum Gasteiger partial charge on any atom is 0.124 e. The van der Waals surface area contributed by atoms with Crippen LogP contribution in [-0.2, 0) is 4.74 Å². The zero-order valence-corrected chi connectivity index (χ0v) is 11.4. The molecule has 0 aliphatic heterocycles. The lowest BCUT2D eigenvalue weighted by molar-refractivity contribution is -0.0205. The molecule has 17 heavy (non-hydrogen) atoms. The van der Waals surface area contributed by atoms with Gasteiger partial charge < -0.3 is 14.6 Å². The normalized spacial score (nSPS) is 13.5. The smallest absolute Gasteiger partial charge is 0.124 e. The van der Waals surface area contributed by atoms with Crippen LogP contribution in [0.3, 0.4) is 0 Å². The molecular formula is C13H19ClO3. The first-order valence-corrected chi connectivity index (χ1v) is 5.84. The Morgan fingerprint density at radius 3 is 2.53 bits per heavy atom. The summed E-state index contributed by atoms with van der Waals surface area (Å²) in [6, 6.07) is 5.20. The highest BCUT2D eigenvalue weighted by molar-refractivity contribution is 6.30. The van der Waals surface area contributed by atoms with Crippen LogP contribution >= 0.6 is 11.6 Å². The van der Waals surface area contributed by atoms with Crippen LogP contribution in [0, 0.1) is 0 Å². The number of aliphatic hydroxyl groups excluding tert-OH is 1. The SMILES string of the molecule is COc1ccc(Cl)cc1C(O)CC(C)(C)OC. The van der Waals surface area contributed by atoms with Gasteiger partial charge in [0.1, 0.15) is 5.75 Å². The fourth-order valence-electron chi connectivity index (χ4n) is 1.62. The zero-order valence-electron chi connectivity index (χ0n) is 10.7. The molecule has 0 amide bonds. The van der Waals surface area contributed by atoms with Crippen molar-refractivity contribution in [2.45, 2.75) is 32.0 Å². The summed E-state index contributed by atoms with van der Waals surface area (Å²) in [7, 11) is 3.20. The molecule has 0 aliphatic rings. The lowest BCUT2D eigenvalue weighted by Gasteiger charge is -2.26. The third kappa shape index (κ3) is 3.87. The summed E-state index contributed by atoms with van der Waals surface area (Å²) in [5, 5.41) is 10.8. The number of hydrogen-bond donors (Lipinski definition) is 1. The second kappa shape index (κ2) is 5.71. The molecule has 1 aromatic rings. The molecule has 0 bridgehead atoms. The molecule has 0 aromatic heterocycles. The number of rotatable bonds is 5. The van der Waals surface area contributed by atoms with E-state index in [-0.39, 0.29) is 0 Å². The van der Waals surface area contributed by atoms with Crippen LogP contribution < -0.4 is 4.74 Å². The molecule has 0 radical (unpaired) electrons. The molecule has 1 aromatic carbocycles. The van der Waals surface area contributed by atoms with Crippen LogP contribution in [0.25, 0.3) is 0 Å². The molecule has 3 nitrogen and oxygen atoms in total. The van der Waals surface area contributed by atoms with Crippen LogP contribution in [0.5, 0.6) is 5.75 Å². The van der Waals surface area contributed by atoms with Crippen molar-refractivity contribution in [3.05, 3.63) is 28.8 Å². The van der Waals surface area contributed by atoms with Crippen LogP contribution in [0.15, 0.2) is 18.2 Å². The zero-order chi connectivity index (χ0) is 13.1. The Morgan fingerprint density at radius 2 is 2.00 bits per heavy atom. The molecule has 1 N–H and O–H groups in total. The number of benzene rings is 1. The molecule has 0 fully saturated rings. The second-order valence-electron chi connectivity index (χ2n) is 4.57. The molecule has 0 saturated heterocycles. The number of halogens is 1. The molecule has 0 heterocycles. The highest BCUT2D eigenvalue weighted by atomic mass is 35.5. The van der Waals surface area contributed by atoms with Crippen LogP contribution in [0.1, 0.15) is 31.9 Å².